The smallest absolute Gasteiger partial charge is 0.0172 e. The molecule has 66 valence electrons. The molecule has 0 heterocycles. The van der Waals surface area contributed by atoms with Crippen molar-refractivity contribution in [1.29, 1.82) is 0 Å². The second-order valence-corrected chi connectivity index (χ2v) is 3.17. The molecule has 1 N–H and O–H groups in total. The number of rotatable bonds is 6. The Morgan fingerprint density at radius 2 is 2.00 bits per heavy atom. The molecule has 0 radical (unpaired) electrons. The van der Waals surface area contributed by atoms with Gasteiger partial charge in [0.2, 0.25) is 0 Å². The van der Waals surface area contributed by atoms with E-state index in [4.69, 9.17) is 0 Å². The van der Waals surface area contributed by atoms with Crippen LogP contribution >= 0.6 is 0 Å². The van der Waals surface area contributed by atoms with Crippen LogP contribution < -0.4 is 5.32 Å². The van der Waals surface area contributed by atoms with Gasteiger partial charge in [-0.15, -0.1) is 0 Å². The molecule has 1 nitrogen and oxygen atoms in total. The first-order valence-electron chi connectivity index (χ1n) is 4.60. The van der Waals surface area contributed by atoms with E-state index < -0.39 is 0 Å². The highest BCUT2D eigenvalue weighted by Crippen LogP contribution is 2.17. The van der Waals surface area contributed by atoms with E-state index in [0.717, 1.165) is 18.4 Å². The minimum atomic E-state index is 0.804. The fourth-order valence-corrected chi connectivity index (χ4v) is 1.32. The molecule has 0 aromatic heterocycles. The molecule has 0 fully saturated rings. The van der Waals surface area contributed by atoms with Gasteiger partial charge in [0.1, 0.15) is 0 Å². The van der Waals surface area contributed by atoms with Crippen molar-refractivity contribution in [3.63, 3.8) is 0 Å². The van der Waals surface area contributed by atoms with Crippen molar-refractivity contribution >= 4 is 0 Å². The molecule has 0 amide bonds. The van der Waals surface area contributed by atoms with Crippen LogP contribution in [0.3, 0.4) is 0 Å². The van der Waals surface area contributed by atoms with Crippen molar-refractivity contribution in [2.75, 3.05) is 6.54 Å². The maximum absolute atomic E-state index is 3.64. The van der Waals surface area contributed by atoms with Gasteiger partial charge in [-0.2, -0.15) is 0 Å². The summed E-state index contributed by atoms with van der Waals surface area (Å²) in [5, 5.41) is 3.18. The number of hydrogen-bond donors (Lipinski definition) is 1. The third-order valence-corrected chi connectivity index (χ3v) is 2.50. The van der Waals surface area contributed by atoms with E-state index in [0.29, 0.717) is 0 Å². The molecule has 0 aliphatic carbocycles. The molecule has 0 saturated heterocycles. The van der Waals surface area contributed by atoms with Crippen molar-refractivity contribution in [2.45, 2.75) is 33.6 Å². The van der Waals surface area contributed by atoms with Gasteiger partial charge in [-0.25, -0.2) is 0 Å². The second-order valence-electron chi connectivity index (χ2n) is 3.17. The molecule has 0 saturated carbocycles. The number of hydrogen-bond acceptors (Lipinski definition) is 1. The third-order valence-electron chi connectivity index (χ3n) is 2.50. The summed E-state index contributed by atoms with van der Waals surface area (Å²) in [6, 6.07) is 0. The first-order chi connectivity index (χ1) is 5.26. The zero-order chi connectivity index (χ0) is 8.69. The first kappa shape index (κ1) is 10.5. The van der Waals surface area contributed by atoms with Crippen LogP contribution in [-0.4, -0.2) is 6.54 Å². The fraction of sp³-hybridized carbons (Fsp3) is 0.800. The average molecular weight is 155 g/mol. The fourth-order valence-electron chi connectivity index (χ4n) is 1.32. The van der Waals surface area contributed by atoms with E-state index >= 15 is 0 Å². The second kappa shape index (κ2) is 6.26. The van der Waals surface area contributed by atoms with E-state index in [9.17, 15) is 0 Å². The van der Waals surface area contributed by atoms with Gasteiger partial charge in [0, 0.05) is 6.54 Å². The lowest BCUT2D eigenvalue weighted by atomic mass is 9.90. The van der Waals surface area contributed by atoms with E-state index in [1.807, 2.05) is 0 Å². The molecule has 0 bridgehead atoms. The Bertz CT molecular complexity index is 99.0. The Morgan fingerprint density at radius 1 is 1.36 bits per heavy atom. The van der Waals surface area contributed by atoms with Gasteiger partial charge in [-0.1, -0.05) is 40.2 Å². The predicted molar refractivity (Wildman–Crippen MR) is 51.4 cm³/mol. The molecule has 11 heavy (non-hydrogen) atoms. The van der Waals surface area contributed by atoms with Crippen LogP contribution in [-0.2, 0) is 0 Å². The van der Waals surface area contributed by atoms with Gasteiger partial charge in [-0.05, 0) is 18.0 Å². The molecule has 0 spiro atoms. The standard InChI is InChI=1S/C10H21N/c1-5-9(4)10(6-2)8-11-7-3/h7,9-11H,3,5-6,8H2,1-2,4H3. The van der Waals surface area contributed by atoms with Crippen LogP contribution in [0.1, 0.15) is 33.6 Å². The summed E-state index contributed by atoms with van der Waals surface area (Å²) in [6.45, 7) is 11.5. The van der Waals surface area contributed by atoms with E-state index in [-0.39, 0.29) is 0 Å². The Kier molecular flexibility index (Phi) is 6.00. The van der Waals surface area contributed by atoms with Crippen molar-refractivity contribution in [2.24, 2.45) is 11.8 Å². The van der Waals surface area contributed by atoms with E-state index in [1.165, 1.54) is 12.8 Å². The Labute approximate surface area is 70.9 Å². The minimum Gasteiger partial charge on any atom is -0.391 e. The summed E-state index contributed by atoms with van der Waals surface area (Å²) in [5.41, 5.74) is 0. The molecule has 2 atom stereocenters. The van der Waals surface area contributed by atoms with Crippen molar-refractivity contribution < 1.29 is 0 Å². The van der Waals surface area contributed by atoms with Gasteiger partial charge in [0.25, 0.3) is 0 Å². The van der Waals surface area contributed by atoms with Crippen LogP contribution in [0.2, 0.25) is 0 Å². The van der Waals surface area contributed by atoms with Crippen molar-refractivity contribution in [3.05, 3.63) is 12.8 Å². The molecule has 0 aliphatic heterocycles. The summed E-state index contributed by atoms with van der Waals surface area (Å²) in [4.78, 5) is 0. The lowest BCUT2D eigenvalue weighted by Gasteiger charge is -2.20. The monoisotopic (exact) mass is 155 g/mol. The predicted octanol–water partition coefficient (Wildman–Crippen LogP) is 2.79. The van der Waals surface area contributed by atoms with Gasteiger partial charge < -0.3 is 5.32 Å². The van der Waals surface area contributed by atoms with Crippen LogP contribution in [0.25, 0.3) is 0 Å². The van der Waals surface area contributed by atoms with E-state index in [1.54, 1.807) is 6.20 Å². The van der Waals surface area contributed by atoms with Gasteiger partial charge >= 0.3 is 0 Å². The van der Waals surface area contributed by atoms with Crippen LogP contribution in [0.5, 0.6) is 0 Å². The summed E-state index contributed by atoms with van der Waals surface area (Å²) < 4.78 is 0. The molecular weight excluding hydrogens is 134 g/mol. The molecule has 0 rings (SSSR count). The van der Waals surface area contributed by atoms with E-state index in [2.05, 4.69) is 32.7 Å². The molecule has 0 aromatic rings. The lowest BCUT2D eigenvalue weighted by Crippen LogP contribution is -2.22. The molecule has 0 aliphatic rings. The number of nitrogens with one attached hydrogen (secondary N) is 1. The van der Waals surface area contributed by atoms with Crippen LogP contribution in [0.4, 0.5) is 0 Å². The Morgan fingerprint density at radius 3 is 2.36 bits per heavy atom. The molecule has 2 unspecified atom stereocenters. The highest BCUT2D eigenvalue weighted by atomic mass is 14.8. The zero-order valence-electron chi connectivity index (χ0n) is 8.06. The summed E-state index contributed by atoms with van der Waals surface area (Å²) in [6.07, 6.45) is 4.32. The minimum absolute atomic E-state index is 0.804. The normalized spacial score (nSPS) is 15.5. The Balaban J connectivity index is 3.64. The highest BCUT2D eigenvalue weighted by Gasteiger charge is 2.11. The SMILES string of the molecule is C=CNCC(CC)C(C)CC. The van der Waals surface area contributed by atoms with Crippen molar-refractivity contribution in [3.8, 4) is 0 Å². The maximum atomic E-state index is 3.64. The summed E-state index contributed by atoms with van der Waals surface area (Å²) in [7, 11) is 0. The van der Waals surface area contributed by atoms with Crippen LogP contribution in [0, 0.1) is 11.8 Å². The molecular formula is C10H21N. The largest absolute Gasteiger partial charge is 0.391 e. The lowest BCUT2D eigenvalue weighted by molar-refractivity contribution is 0.333. The molecule has 0 aromatic carbocycles. The van der Waals surface area contributed by atoms with Gasteiger partial charge in [0.05, 0.1) is 0 Å². The summed E-state index contributed by atoms with van der Waals surface area (Å²) >= 11 is 0. The highest BCUT2D eigenvalue weighted by molar-refractivity contribution is 4.71. The maximum Gasteiger partial charge on any atom is 0.0172 e. The molecule has 1 heteroatoms. The quantitative estimate of drug-likeness (QED) is 0.622. The topological polar surface area (TPSA) is 12.0 Å². The van der Waals surface area contributed by atoms with Crippen LogP contribution in [0.15, 0.2) is 12.8 Å². The third kappa shape index (κ3) is 4.07. The first-order valence-corrected chi connectivity index (χ1v) is 4.60. The zero-order valence-corrected chi connectivity index (χ0v) is 8.06. The average Bonchev–Trinajstić information content (AvgIpc) is 2.05. The Hall–Kier alpha value is -0.460. The van der Waals surface area contributed by atoms with Crippen molar-refractivity contribution in [1.82, 2.24) is 5.32 Å². The summed E-state index contributed by atoms with van der Waals surface area (Å²) in [5.74, 6) is 1.63. The van der Waals surface area contributed by atoms with Gasteiger partial charge in [-0.3, -0.25) is 0 Å². The van der Waals surface area contributed by atoms with Gasteiger partial charge in [0.15, 0.2) is 0 Å².